The highest BCUT2D eigenvalue weighted by Gasteiger charge is 2.12. The van der Waals surface area contributed by atoms with E-state index in [1.165, 1.54) is 24.1 Å². The molecular formula is C18H26ClN3O. The topological polar surface area (TPSA) is 39.1 Å². The number of benzene rings is 1. The van der Waals surface area contributed by atoms with E-state index in [-0.39, 0.29) is 0 Å². The second-order valence-corrected chi connectivity index (χ2v) is 6.20. The maximum absolute atomic E-state index is 5.96. The number of ether oxygens (including phenoxy) is 1. The lowest BCUT2D eigenvalue weighted by Crippen LogP contribution is -2.16. The van der Waals surface area contributed by atoms with Crippen molar-refractivity contribution in [3.8, 4) is 5.69 Å². The molecule has 0 radical (unpaired) electrons. The molecule has 0 saturated carbocycles. The van der Waals surface area contributed by atoms with Crippen molar-refractivity contribution in [3.05, 3.63) is 46.2 Å². The molecule has 0 amide bonds. The van der Waals surface area contributed by atoms with Gasteiger partial charge in [-0.25, -0.2) is 4.68 Å². The maximum atomic E-state index is 5.96. The van der Waals surface area contributed by atoms with Crippen LogP contribution in [0.1, 0.15) is 36.2 Å². The van der Waals surface area contributed by atoms with Crippen molar-refractivity contribution in [2.24, 2.45) is 0 Å². The molecule has 0 unspecified atom stereocenters. The van der Waals surface area contributed by atoms with E-state index in [0.29, 0.717) is 0 Å². The fourth-order valence-corrected chi connectivity index (χ4v) is 2.78. The van der Waals surface area contributed by atoms with Crippen molar-refractivity contribution in [2.75, 3.05) is 20.3 Å². The SMILES string of the molecule is COCCCCCNCc1c(C)nn(-c2ccc(Cl)cc2)c1C. The normalized spacial score (nSPS) is 11.1. The molecule has 0 bridgehead atoms. The quantitative estimate of drug-likeness (QED) is 0.703. The van der Waals surface area contributed by atoms with E-state index in [1.807, 2.05) is 28.9 Å². The van der Waals surface area contributed by atoms with Gasteiger partial charge in [-0.15, -0.1) is 0 Å². The van der Waals surface area contributed by atoms with Gasteiger partial charge in [-0.3, -0.25) is 0 Å². The van der Waals surface area contributed by atoms with Crippen molar-refractivity contribution in [3.63, 3.8) is 0 Å². The van der Waals surface area contributed by atoms with Gasteiger partial charge in [-0.1, -0.05) is 11.6 Å². The number of rotatable bonds is 9. The number of hydrogen-bond acceptors (Lipinski definition) is 3. The van der Waals surface area contributed by atoms with E-state index in [9.17, 15) is 0 Å². The fraction of sp³-hybridized carbons (Fsp3) is 0.500. The molecule has 0 aliphatic heterocycles. The van der Waals surface area contributed by atoms with Crippen molar-refractivity contribution >= 4 is 11.6 Å². The molecule has 0 spiro atoms. The van der Waals surface area contributed by atoms with Gasteiger partial charge in [-0.2, -0.15) is 5.10 Å². The van der Waals surface area contributed by atoms with E-state index in [0.717, 1.165) is 42.5 Å². The average molecular weight is 336 g/mol. The maximum Gasteiger partial charge on any atom is 0.0649 e. The highest BCUT2D eigenvalue weighted by atomic mass is 35.5. The second kappa shape index (κ2) is 9.06. The molecule has 0 aliphatic carbocycles. The Morgan fingerprint density at radius 3 is 2.57 bits per heavy atom. The van der Waals surface area contributed by atoms with E-state index in [4.69, 9.17) is 16.3 Å². The molecule has 0 saturated heterocycles. The standard InChI is InChI=1S/C18H26ClN3O/c1-14-18(13-20-11-5-4-6-12-23-3)15(2)22(21-14)17-9-7-16(19)8-10-17/h7-10,20H,4-6,11-13H2,1-3H3. The van der Waals surface area contributed by atoms with Gasteiger partial charge in [0.05, 0.1) is 11.4 Å². The lowest BCUT2D eigenvalue weighted by Gasteiger charge is -2.07. The van der Waals surface area contributed by atoms with Crippen LogP contribution in [-0.2, 0) is 11.3 Å². The molecule has 1 aromatic heterocycles. The van der Waals surface area contributed by atoms with Gasteiger partial charge < -0.3 is 10.1 Å². The zero-order valence-corrected chi connectivity index (χ0v) is 15.0. The van der Waals surface area contributed by atoms with Crippen LogP contribution in [0.4, 0.5) is 0 Å². The number of aromatic nitrogens is 2. The summed E-state index contributed by atoms with van der Waals surface area (Å²) in [6.07, 6.45) is 3.50. The minimum Gasteiger partial charge on any atom is -0.385 e. The summed E-state index contributed by atoms with van der Waals surface area (Å²) in [5.41, 5.74) is 4.57. The molecule has 1 heterocycles. The summed E-state index contributed by atoms with van der Waals surface area (Å²) in [6, 6.07) is 7.78. The first-order valence-corrected chi connectivity index (χ1v) is 8.52. The van der Waals surface area contributed by atoms with Crippen molar-refractivity contribution < 1.29 is 4.74 Å². The monoisotopic (exact) mass is 335 g/mol. The Kier molecular flexibility index (Phi) is 7.09. The van der Waals surface area contributed by atoms with Crippen molar-refractivity contribution in [2.45, 2.75) is 39.7 Å². The molecule has 126 valence electrons. The molecule has 0 atom stereocenters. The first kappa shape index (κ1) is 18.0. The second-order valence-electron chi connectivity index (χ2n) is 5.77. The van der Waals surface area contributed by atoms with Crippen LogP contribution in [0, 0.1) is 13.8 Å². The van der Waals surface area contributed by atoms with Gasteiger partial charge in [0.2, 0.25) is 0 Å². The average Bonchev–Trinajstić information content (AvgIpc) is 2.82. The van der Waals surface area contributed by atoms with Crippen LogP contribution in [0.25, 0.3) is 5.69 Å². The third-order valence-corrected chi connectivity index (χ3v) is 4.27. The minimum atomic E-state index is 0.741. The van der Waals surface area contributed by atoms with Crippen molar-refractivity contribution in [1.82, 2.24) is 15.1 Å². The number of unbranched alkanes of at least 4 members (excludes halogenated alkanes) is 2. The van der Waals surface area contributed by atoms with E-state index >= 15 is 0 Å². The molecule has 1 N–H and O–H groups in total. The summed E-state index contributed by atoms with van der Waals surface area (Å²) in [5, 5.41) is 8.93. The van der Waals surface area contributed by atoms with Crippen LogP contribution < -0.4 is 5.32 Å². The van der Waals surface area contributed by atoms with Crippen LogP contribution in [0.2, 0.25) is 5.02 Å². The zero-order valence-electron chi connectivity index (χ0n) is 14.2. The molecular weight excluding hydrogens is 310 g/mol. The van der Waals surface area contributed by atoms with Crippen LogP contribution in [0.3, 0.4) is 0 Å². The first-order valence-electron chi connectivity index (χ1n) is 8.14. The highest BCUT2D eigenvalue weighted by Crippen LogP contribution is 2.19. The van der Waals surface area contributed by atoms with Gasteiger partial charge in [-0.05, 0) is 63.9 Å². The third-order valence-electron chi connectivity index (χ3n) is 4.02. The molecule has 0 aliphatic rings. The van der Waals surface area contributed by atoms with Crippen LogP contribution in [0.5, 0.6) is 0 Å². The van der Waals surface area contributed by atoms with E-state index in [1.54, 1.807) is 7.11 Å². The number of aryl methyl sites for hydroxylation is 1. The van der Waals surface area contributed by atoms with Crippen molar-refractivity contribution in [1.29, 1.82) is 0 Å². The van der Waals surface area contributed by atoms with Crippen LogP contribution in [0.15, 0.2) is 24.3 Å². The lowest BCUT2D eigenvalue weighted by molar-refractivity contribution is 0.192. The summed E-state index contributed by atoms with van der Waals surface area (Å²) in [7, 11) is 1.75. The van der Waals surface area contributed by atoms with Gasteiger partial charge in [0.15, 0.2) is 0 Å². The number of hydrogen-bond donors (Lipinski definition) is 1. The zero-order chi connectivity index (χ0) is 16.7. The summed E-state index contributed by atoms with van der Waals surface area (Å²) in [5.74, 6) is 0. The highest BCUT2D eigenvalue weighted by molar-refractivity contribution is 6.30. The molecule has 2 rings (SSSR count). The Morgan fingerprint density at radius 2 is 1.87 bits per heavy atom. The Morgan fingerprint density at radius 1 is 1.13 bits per heavy atom. The summed E-state index contributed by atoms with van der Waals surface area (Å²) in [4.78, 5) is 0. The Balaban J connectivity index is 1.92. The Bertz CT molecular complexity index is 607. The molecule has 4 nitrogen and oxygen atoms in total. The van der Waals surface area contributed by atoms with E-state index in [2.05, 4.69) is 24.3 Å². The van der Waals surface area contributed by atoms with E-state index < -0.39 is 0 Å². The van der Waals surface area contributed by atoms with Gasteiger partial charge >= 0.3 is 0 Å². The fourth-order valence-electron chi connectivity index (χ4n) is 2.65. The number of halogens is 1. The molecule has 1 aromatic carbocycles. The lowest BCUT2D eigenvalue weighted by atomic mass is 10.2. The molecule has 5 heteroatoms. The molecule has 0 fully saturated rings. The number of nitrogens with zero attached hydrogens (tertiary/aromatic N) is 2. The number of methoxy groups -OCH3 is 1. The summed E-state index contributed by atoms with van der Waals surface area (Å²) in [6.45, 7) is 6.91. The Labute approximate surface area is 143 Å². The van der Waals surface area contributed by atoms with Crippen LogP contribution in [-0.4, -0.2) is 30.0 Å². The third kappa shape index (κ3) is 5.06. The van der Waals surface area contributed by atoms with Gasteiger partial charge in [0, 0.05) is 36.5 Å². The first-order chi connectivity index (χ1) is 11.1. The van der Waals surface area contributed by atoms with Gasteiger partial charge in [0.25, 0.3) is 0 Å². The summed E-state index contributed by atoms with van der Waals surface area (Å²) < 4.78 is 7.05. The largest absolute Gasteiger partial charge is 0.385 e. The minimum absolute atomic E-state index is 0.741. The Hall–Kier alpha value is -1.36. The predicted molar refractivity (Wildman–Crippen MR) is 95.5 cm³/mol. The number of nitrogens with one attached hydrogen (secondary N) is 1. The predicted octanol–water partition coefficient (Wildman–Crippen LogP) is 4.05. The summed E-state index contributed by atoms with van der Waals surface area (Å²) >= 11 is 5.96. The van der Waals surface area contributed by atoms with Gasteiger partial charge in [0.1, 0.15) is 0 Å². The molecule has 2 aromatic rings. The molecule has 23 heavy (non-hydrogen) atoms. The smallest absolute Gasteiger partial charge is 0.0649 e. The van der Waals surface area contributed by atoms with Crippen LogP contribution >= 0.6 is 11.6 Å².